The molecule has 116 valence electrons. The first-order chi connectivity index (χ1) is 11.4. The molecule has 0 amide bonds. The lowest BCUT2D eigenvalue weighted by Crippen LogP contribution is -2.09. The van der Waals surface area contributed by atoms with Gasteiger partial charge >= 0.3 is 0 Å². The molecule has 23 heavy (non-hydrogen) atoms. The lowest BCUT2D eigenvalue weighted by Gasteiger charge is -2.12. The predicted molar refractivity (Wildman–Crippen MR) is 92.9 cm³/mol. The highest BCUT2D eigenvalue weighted by Crippen LogP contribution is 2.27. The first-order valence-electron chi connectivity index (χ1n) is 7.66. The molecule has 3 aromatic heterocycles. The smallest absolute Gasteiger partial charge is 0.112 e. The van der Waals surface area contributed by atoms with Crippen molar-refractivity contribution in [3.05, 3.63) is 60.9 Å². The molecule has 0 unspecified atom stereocenters. The molecule has 5 nitrogen and oxygen atoms in total. The van der Waals surface area contributed by atoms with Crippen LogP contribution in [0.15, 0.2) is 60.9 Å². The fourth-order valence-corrected chi connectivity index (χ4v) is 2.28. The van der Waals surface area contributed by atoms with E-state index in [1.165, 1.54) is 0 Å². The molecule has 3 rings (SSSR count). The molecule has 3 N–H and O–H groups in total. The largest absolute Gasteiger partial charge is 0.383 e. The van der Waals surface area contributed by atoms with E-state index < -0.39 is 0 Å². The molecule has 0 radical (unpaired) electrons. The zero-order chi connectivity index (χ0) is 15.9. The van der Waals surface area contributed by atoms with Gasteiger partial charge in [-0.25, -0.2) is 4.98 Å². The summed E-state index contributed by atoms with van der Waals surface area (Å²) >= 11 is 0. The highest BCUT2D eigenvalue weighted by molar-refractivity contribution is 5.74. The molecule has 0 aliphatic rings. The van der Waals surface area contributed by atoms with Crippen LogP contribution in [0.4, 0.5) is 5.69 Å². The van der Waals surface area contributed by atoms with E-state index in [-0.39, 0.29) is 0 Å². The van der Waals surface area contributed by atoms with Crippen molar-refractivity contribution in [1.29, 1.82) is 0 Å². The van der Waals surface area contributed by atoms with Gasteiger partial charge in [-0.3, -0.25) is 9.97 Å². The number of nitrogens with two attached hydrogens (primary N) is 1. The van der Waals surface area contributed by atoms with Crippen LogP contribution in [-0.4, -0.2) is 28.0 Å². The zero-order valence-corrected chi connectivity index (χ0v) is 12.8. The molecule has 0 saturated carbocycles. The molecule has 0 atom stereocenters. The summed E-state index contributed by atoms with van der Waals surface area (Å²) in [6.07, 6.45) is 4.45. The van der Waals surface area contributed by atoms with E-state index in [0.717, 1.165) is 41.4 Å². The normalized spacial score (nSPS) is 10.5. The van der Waals surface area contributed by atoms with Gasteiger partial charge in [0, 0.05) is 18.9 Å². The van der Waals surface area contributed by atoms with Gasteiger partial charge in [-0.1, -0.05) is 12.1 Å². The summed E-state index contributed by atoms with van der Waals surface area (Å²) in [5.74, 6) is 0. The second kappa shape index (κ2) is 7.47. The molecule has 0 saturated heterocycles. The number of aromatic nitrogens is 3. The SMILES string of the molecule is NCCCNc1ccc(-c2ccccn2)nc1-c1ccccn1. The second-order valence-electron chi connectivity index (χ2n) is 5.09. The number of nitrogens with one attached hydrogen (secondary N) is 1. The van der Waals surface area contributed by atoms with E-state index in [1.807, 2.05) is 48.5 Å². The Morgan fingerprint density at radius 2 is 1.57 bits per heavy atom. The number of hydrogen-bond acceptors (Lipinski definition) is 5. The monoisotopic (exact) mass is 305 g/mol. The van der Waals surface area contributed by atoms with Crippen molar-refractivity contribution in [2.24, 2.45) is 5.73 Å². The van der Waals surface area contributed by atoms with Crippen molar-refractivity contribution in [1.82, 2.24) is 15.0 Å². The van der Waals surface area contributed by atoms with Crippen LogP contribution in [0.2, 0.25) is 0 Å². The van der Waals surface area contributed by atoms with Gasteiger partial charge in [0.2, 0.25) is 0 Å². The van der Waals surface area contributed by atoms with Crippen LogP contribution in [0, 0.1) is 0 Å². The topological polar surface area (TPSA) is 76.7 Å². The van der Waals surface area contributed by atoms with Crippen molar-refractivity contribution >= 4 is 5.69 Å². The first kappa shape index (κ1) is 15.1. The maximum atomic E-state index is 5.57. The standard InChI is InChI=1S/C18H19N5/c19-10-5-13-22-17-9-8-15(14-6-1-3-11-20-14)23-18(17)16-7-2-4-12-21-16/h1-4,6-9,11-12,22H,5,10,13,19H2. The van der Waals surface area contributed by atoms with Gasteiger partial charge in [0.25, 0.3) is 0 Å². The molecule has 0 spiro atoms. The molecule has 0 bridgehead atoms. The van der Waals surface area contributed by atoms with Gasteiger partial charge < -0.3 is 11.1 Å². The lowest BCUT2D eigenvalue weighted by atomic mass is 10.1. The summed E-state index contributed by atoms with van der Waals surface area (Å²) in [7, 11) is 0. The van der Waals surface area contributed by atoms with Gasteiger partial charge in [-0.2, -0.15) is 0 Å². The molecule has 0 fully saturated rings. The average molecular weight is 305 g/mol. The maximum absolute atomic E-state index is 5.57. The van der Waals surface area contributed by atoms with E-state index in [4.69, 9.17) is 10.7 Å². The van der Waals surface area contributed by atoms with Gasteiger partial charge in [-0.05, 0) is 49.4 Å². The fraction of sp³-hybridized carbons (Fsp3) is 0.167. The summed E-state index contributed by atoms with van der Waals surface area (Å²) in [5, 5.41) is 3.39. The van der Waals surface area contributed by atoms with Crippen LogP contribution in [-0.2, 0) is 0 Å². The van der Waals surface area contributed by atoms with Crippen LogP contribution in [0.1, 0.15) is 6.42 Å². The summed E-state index contributed by atoms with van der Waals surface area (Å²) in [4.78, 5) is 13.6. The van der Waals surface area contributed by atoms with E-state index in [2.05, 4.69) is 15.3 Å². The number of pyridine rings is 3. The van der Waals surface area contributed by atoms with E-state index >= 15 is 0 Å². The van der Waals surface area contributed by atoms with Crippen molar-refractivity contribution in [2.45, 2.75) is 6.42 Å². The van der Waals surface area contributed by atoms with Crippen LogP contribution < -0.4 is 11.1 Å². The van der Waals surface area contributed by atoms with Gasteiger partial charge in [0.05, 0.1) is 22.8 Å². The molecular weight excluding hydrogens is 286 g/mol. The molecule has 3 aromatic rings. The Morgan fingerprint density at radius 3 is 2.22 bits per heavy atom. The van der Waals surface area contributed by atoms with Gasteiger partial charge in [0.15, 0.2) is 0 Å². The molecule has 0 aliphatic heterocycles. The third kappa shape index (κ3) is 3.70. The van der Waals surface area contributed by atoms with Crippen molar-refractivity contribution in [3.63, 3.8) is 0 Å². The Bertz CT molecular complexity index is 744. The Hall–Kier alpha value is -2.79. The first-order valence-corrected chi connectivity index (χ1v) is 7.66. The third-order valence-corrected chi connectivity index (χ3v) is 3.43. The maximum Gasteiger partial charge on any atom is 0.112 e. The number of nitrogens with zero attached hydrogens (tertiary/aromatic N) is 3. The fourth-order valence-electron chi connectivity index (χ4n) is 2.28. The van der Waals surface area contributed by atoms with Crippen LogP contribution >= 0.6 is 0 Å². The van der Waals surface area contributed by atoms with E-state index in [0.29, 0.717) is 6.54 Å². The van der Waals surface area contributed by atoms with Crippen LogP contribution in [0.25, 0.3) is 22.8 Å². The van der Waals surface area contributed by atoms with E-state index in [1.54, 1.807) is 12.4 Å². The number of hydrogen-bond donors (Lipinski definition) is 2. The molecule has 0 aliphatic carbocycles. The molecular formula is C18H19N5. The van der Waals surface area contributed by atoms with Crippen molar-refractivity contribution in [3.8, 4) is 22.8 Å². The Balaban J connectivity index is 2.00. The quantitative estimate of drug-likeness (QED) is 0.685. The number of anilines is 1. The average Bonchev–Trinajstić information content (AvgIpc) is 2.63. The molecule has 3 heterocycles. The van der Waals surface area contributed by atoms with Gasteiger partial charge in [-0.15, -0.1) is 0 Å². The van der Waals surface area contributed by atoms with Crippen molar-refractivity contribution in [2.75, 3.05) is 18.4 Å². The minimum atomic E-state index is 0.658. The Labute approximate surface area is 135 Å². The highest BCUT2D eigenvalue weighted by Gasteiger charge is 2.10. The summed E-state index contributed by atoms with van der Waals surface area (Å²) in [6.45, 7) is 1.46. The Kier molecular flexibility index (Phi) is 4.91. The minimum absolute atomic E-state index is 0.658. The predicted octanol–water partition coefficient (Wildman–Crippen LogP) is 2.97. The summed E-state index contributed by atoms with van der Waals surface area (Å²) < 4.78 is 0. The lowest BCUT2D eigenvalue weighted by molar-refractivity contribution is 0.874. The van der Waals surface area contributed by atoms with Crippen LogP contribution in [0.3, 0.4) is 0 Å². The van der Waals surface area contributed by atoms with Crippen molar-refractivity contribution < 1.29 is 0 Å². The Morgan fingerprint density at radius 1 is 0.826 bits per heavy atom. The highest BCUT2D eigenvalue weighted by atomic mass is 14.9. The second-order valence-corrected chi connectivity index (χ2v) is 5.09. The molecule has 0 aromatic carbocycles. The zero-order valence-electron chi connectivity index (χ0n) is 12.8. The third-order valence-electron chi connectivity index (χ3n) is 3.43. The number of rotatable bonds is 6. The summed E-state index contributed by atoms with van der Waals surface area (Å²) in [6, 6.07) is 15.6. The van der Waals surface area contributed by atoms with Crippen LogP contribution in [0.5, 0.6) is 0 Å². The van der Waals surface area contributed by atoms with Gasteiger partial charge in [0.1, 0.15) is 5.69 Å². The summed E-state index contributed by atoms with van der Waals surface area (Å²) in [5.41, 5.74) is 9.85. The molecule has 5 heteroatoms. The minimum Gasteiger partial charge on any atom is -0.383 e. The van der Waals surface area contributed by atoms with E-state index in [9.17, 15) is 0 Å².